The number of ketones is 3. The number of benzene rings is 1. The number of nitrogens with zero attached hydrogens (tertiary/aromatic N) is 1. The Hall–Kier alpha value is -3.15. The van der Waals surface area contributed by atoms with Crippen molar-refractivity contribution < 1.29 is 23.9 Å². The van der Waals surface area contributed by atoms with Gasteiger partial charge in [-0.05, 0) is 24.3 Å². The molecule has 2 aliphatic carbocycles. The van der Waals surface area contributed by atoms with E-state index in [4.69, 9.17) is 4.74 Å². The molecule has 1 aromatic carbocycles. The zero-order chi connectivity index (χ0) is 20.9. The first-order valence-corrected chi connectivity index (χ1v) is 9.65. The summed E-state index contributed by atoms with van der Waals surface area (Å²) in [5.74, 6) is -3.02. The highest BCUT2D eigenvalue weighted by Gasteiger charge is 2.47. The van der Waals surface area contributed by atoms with E-state index < -0.39 is 23.5 Å². The molecule has 0 N–H and O–H groups in total. The van der Waals surface area contributed by atoms with Crippen LogP contribution >= 0.6 is 0 Å². The summed E-state index contributed by atoms with van der Waals surface area (Å²) in [5.41, 5.74) is 0.524. The van der Waals surface area contributed by atoms with Gasteiger partial charge in [0.15, 0.2) is 17.3 Å². The third kappa shape index (κ3) is 2.99. The van der Waals surface area contributed by atoms with Gasteiger partial charge in [0.05, 0.1) is 29.0 Å². The second-order valence-corrected chi connectivity index (χ2v) is 8.27. The van der Waals surface area contributed by atoms with E-state index >= 15 is 0 Å². The molecule has 0 spiro atoms. The van der Waals surface area contributed by atoms with Crippen molar-refractivity contribution in [1.82, 2.24) is 4.98 Å². The molecule has 0 aliphatic heterocycles. The number of hydrogen-bond acceptors (Lipinski definition) is 6. The van der Waals surface area contributed by atoms with E-state index in [0.717, 1.165) is 0 Å². The van der Waals surface area contributed by atoms with E-state index in [0.29, 0.717) is 17.7 Å². The molecule has 1 atom stereocenters. The van der Waals surface area contributed by atoms with Crippen LogP contribution in [0.25, 0.3) is 0 Å². The largest absolute Gasteiger partial charge is 0.462 e. The molecular formula is C23H21NO5. The zero-order valence-electron chi connectivity index (χ0n) is 16.6. The Morgan fingerprint density at radius 3 is 2.41 bits per heavy atom. The number of Topliss-reactive ketones (excluding diaryl/α,β-unsaturated/α-hetero) is 3. The number of esters is 1. The third-order valence-electron chi connectivity index (χ3n) is 5.45. The number of carbonyl (C=O) groups is 4. The number of aromatic nitrogens is 1. The van der Waals surface area contributed by atoms with Crippen molar-refractivity contribution >= 4 is 23.3 Å². The van der Waals surface area contributed by atoms with Gasteiger partial charge < -0.3 is 4.74 Å². The molecule has 0 saturated heterocycles. The summed E-state index contributed by atoms with van der Waals surface area (Å²) in [7, 11) is 0. The lowest BCUT2D eigenvalue weighted by Crippen LogP contribution is -2.31. The summed E-state index contributed by atoms with van der Waals surface area (Å²) in [5, 5.41) is 0. The van der Waals surface area contributed by atoms with Crippen LogP contribution in [0.4, 0.5) is 0 Å². The van der Waals surface area contributed by atoms with Crippen molar-refractivity contribution in [3.05, 3.63) is 64.0 Å². The molecule has 0 amide bonds. The van der Waals surface area contributed by atoms with E-state index in [-0.39, 0.29) is 46.6 Å². The van der Waals surface area contributed by atoms with Gasteiger partial charge in [-0.1, -0.05) is 44.2 Å². The quantitative estimate of drug-likeness (QED) is 0.587. The number of fused-ring (bicyclic) bond motifs is 2. The van der Waals surface area contributed by atoms with Crippen LogP contribution in [0.2, 0.25) is 0 Å². The predicted octanol–water partition coefficient (Wildman–Crippen LogP) is 3.58. The number of hydrogen-bond donors (Lipinski definition) is 0. The molecule has 2 aliphatic rings. The molecule has 0 bridgehead atoms. The molecule has 148 valence electrons. The first-order chi connectivity index (χ1) is 13.7. The molecule has 2 aromatic rings. The van der Waals surface area contributed by atoms with Gasteiger partial charge in [0, 0.05) is 6.42 Å². The van der Waals surface area contributed by atoms with Crippen molar-refractivity contribution in [3.8, 4) is 0 Å². The Morgan fingerprint density at radius 1 is 1.07 bits per heavy atom. The first-order valence-electron chi connectivity index (χ1n) is 9.65. The van der Waals surface area contributed by atoms with Crippen molar-refractivity contribution in [1.29, 1.82) is 0 Å². The van der Waals surface area contributed by atoms with E-state index in [9.17, 15) is 19.2 Å². The summed E-state index contributed by atoms with van der Waals surface area (Å²) in [6, 6.07) is 8.68. The highest BCUT2D eigenvalue weighted by atomic mass is 16.5. The van der Waals surface area contributed by atoms with Crippen LogP contribution in [-0.4, -0.2) is 34.9 Å². The molecular weight excluding hydrogens is 370 g/mol. The van der Waals surface area contributed by atoms with Crippen LogP contribution in [0.3, 0.4) is 0 Å². The van der Waals surface area contributed by atoms with E-state index in [2.05, 4.69) is 4.98 Å². The van der Waals surface area contributed by atoms with E-state index in [1.54, 1.807) is 37.3 Å². The van der Waals surface area contributed by atoms with E-state index in [1.807, 2.05) is 13.8 Å². The minimum absolute atomic E-state index is 0.0313. The van der Waals surface area contributed by atoms with Crippen LogP contribution in [0.1, 0.15) is 85.9 Å². The van der Waals surface area contributed by atoms with Gasteiger partial charge in [0.1, 0.15) is 11.6 Å². The standard InChI is InChI=1S/C23H21NO5/c1-4-29-22(28)17-16-13(10-23(2,3)11-14(16)25)24-19-18(17)20(26)15(21(19)27)12-8-6-5-7-9-12/h5-9,15H,4,10-11H2,1-3H3. The average Bonchev–Trinajstić information content (AvgIpc) is 2.90. The SMILES string of the molecule is CCOC(=O)c1c2c(nc3c1C(=O)C(c1ccccc1)C3=O)CC(C)(C)CC2=O. The lowest BCUT2D eigenvalue weighted by Gasteiger charge is -2.30. The van der Waals surface area contributed by atoms with Crippen molar-refractivity contribution in [3.63, 3.8) is 0 Å². The maximum atomic E-state index is 13.3. The Balaban J connectivity index is 1.98. The van der Waals surface area contributed by atoms with Crippen molar-refractivity contribution in [2.45, 2.75) is 39.5 Å². The maximum Gasteiger partial charge on any atom is 0.339 e. The fourth-order valence-corrected chi connectivity index (χ4v) is 4.28. The topological polar surface area (TPSA) is 90.4 Å². The number of ether oxygens (including phenoxy) is 1. The fourth-order valence-electron chi connectivity index (χ4n) is 4.28. The summed E-state index contributed by atoms with van der Waals surface area (Å²) in [4.78, 5) is 56.6. The second-order valence-electron chi connectivity index (χ2n) is 8.27. The van der Waals surface area contributed by atoms with Gasteiger partial charge in [0.2, 0.25) is 0 Å². The molecule has 6 heteroatoms. The van der Waals surface area contributed by atoms with Crippen molar-refractivity contribution in [2.24, 2.45) is 5.41 Å². The molecule has 1 heterocycles. The van der Waals surface area contributed by atoms with Gasteiger partial charge >= 0.3 is 5.97 Å². The lowest BCUT2D eigenvalue weighted by molar-refractivity contribution is 0.0517. The second kappa shape index (κ2) is 6.72. The van der Waals surface area contributed by atoms with Gasteiger partial charge in [-0.3, -0.25) is 14.4 Å². The average molecular weight is 391 g/mol. The summed E-state index contributed by atoms with van der Waals surface area (Å²) >= 11 is 0. The van der Waals surface area contributed by atoms with Crippen molar-refractivity contribution in [2.75, 3.05) is 6.61 Å². The third-order valence-corrected chi connectivity index (χ3v) is 5.45. The first kappa shape index (κ1) is 19.2. The highest BCUT2D eigenvalue weighted by Crippen LogP contribution is 2.41. The Kier molecular flexibility index (Phi) is 4.45. The Morgan fingerprint density at radius 2 is 1.76 bits per heavy atom. The highest BCUT2D eigenvalue weighted by molar-refractivity contribution is 6.32. The summed E-state index contributed by atoms with van der Waals surface area (Å²) in [6.45, 7) is 5.62. The van der Waals surface area contributed by atoms with Gasteiger partial charge in [-0.2, -0.15) is 0 Å². The molecule has 1 aromatic heterocycles. The van der Waals surface area contributed by atoms with Gasteiger partial charge in [0.25, 0.3) is 0 Å². The molecule has 0 fully saturated rings. The Bertz CT molecular complexity index is 1070. The molecule has 0 saturated carbocycles. The molecule has 29 heavy (non-hydrogen) atoms. The normalized spacial score (nSPS) is 19.7. The summed E-state index contributed by atoms with van der Waals surface area (Å²) in [6.07, 6.45) is 0.669. The minimum Gasteiger partial charge on any atom is -0.462 e. The lowest BCUT2D eigenvalue weighted by atomic mass is 9.74. The van der Waals surface area contributed by atoms with Crippen LogP contribution in [-0.2, 0) is 11.2 Å². The number of pyridine rings is 1. The van der Waals surface area contributed by atoms with Crippen LogP contribution in [0.5, 0.6) is 0 Å². The van der Waals surface area contributed by atoms with Crippen LogP contribution in [0.15, 0.2) is 30.3 Å². The number of carbonyl (C=O) groups excluding carboxylic acids is 4. The number of rotatable bonds is 3. The van der Waals surface area contributed by atoms with Gasteiger partial charge in [-0.15, -0.1) is 0 Å². The van der Waals surface area contributed by atoms with E-state index in [1.165, 1.54) is 0 Å². The van der Waals surface area contributed by atoms with Crippen LogP contribution < -0.4 is 0 Å². The Labute approximate surface area is 168 Å². The minimum atomic E-state index is -1.06. The molecule has 4 rings (SSSR count). The molecule has 1 unspecified atom stereocenters. The predicted molar refractivity (Wildman–Crippen MR) is 104 cm³/mol. The van der Waals surface area contributed by atoms with Gasteiger partial charge in [-0.25, -0.2) is 9.78 Å². The molecule has 6 nitrogen and oxygen atoms in total. The fraction of sp³-hybridized carbons (Fsp3) is 0.348. The maximum absolute atomic E-state index is 13.3. The molecule has 0 radical (unpaired) electrons. The zero-order valence-corrected chi connectivity index (χ0v) is 16.6. The van der Waals surface area contributed by atoms with Crippen LogP contribution in [0, 0.1) is 5.41 Å². The monoisotopic (exact) mass is 391 g/mol. The smallest absolute Gasteiger partial charge is 0.339 e. The summed E-state index contributed by atoms with van der Waals surface area (Å²) < 4.78 is 5.16.